The van der Waals surface area contributed by atoms with Crippen LogP contribution in [-0.4, -0.2) is 64.0 Å². The van der Waals surface area contributed by atoms with Gasteiger partial charge in [-0.05, 0) is 50.0 Å². The first-order valence-corrected chi connectivity index (χ1v) is 11.1. The number of nitrogens with zero attached hydrogens (tertiary/aromatic N) is 3. The second-order valence-electron chi connectivity index (χ2n) is 9.01. The van der Waals surface area contributed by atoms with Crippen LogP contribution < -0.4 is 0 Å². The molecule has 5 rings (SSSR count). The molecule has 0 N–H and O–H groups in total. The van der Waals surface area contributed by atoms with E-state index < -0.39 is 0 Å². The minimum Gasteiger partial charge on any atom is -0.375 e. The van der Waals surface area contributed by atoms with Crippen LogP contribution in [0, 0.1) is 0 Å². The van der Waals surface area contributed by atoms with Crippen LogP contribution >= 0.6 is 0 Å². The van der Waals surface area contributed by atoms with Crippen LogP contribution in [0.25, 0.3) is 10.8 Å². The predicted octanol–water partition coefficient (Wildman–Crippen LogP) is 3.40. The molecule has 6 heteroatoms. The SMILES string of the molecule is CC(=O)N(C1CC1)C1CCOC2(CCN(C(=O)c3nccc4ccccc34)CC2)C1. The third-order valence-corrected chi connectivity index (χ3v) is 7.00. The number of carbonyl (C=O) groups excluding carboxylic acids is 2. The van der Waals surface area contributed by atoms with Crippen molar-refractivity contribution in [2.24, 2.45) is 0 Å². The summed E-state index contributed by atoms with van der Waals surface area (Å²) < 4.78 is 6.28. The van der Waals surface area contributed by atoms with Gasteiger partial charge in [-0.25, -0.2) is 0 Å². The number of piperidine rings is 1. The van der Waals surface area contributed by atoms with E-state index in [0.29, 0.717) is 31.4 Å². The van der Waals surface area contributed by atoms with Gasteiger partial charge in [-0.2, -0.15) is 0 Å². The van der Waals surface area contributed by atoms with Crippen LogP contribution in [0.4, 0.5) is 0 Å². The van der Waals surface area contributed by atoms with E-state index in [1.54, 1.807) is 13.1 Å². The first-order valence-electron chi connectivity index (χ1n) is 11.1. The lowest BCUT2D eigenvalue weighted by molar-refractivity contribution is -0.148. The Labute approximate surface area is 177 Å². The summed E-state index contributed by atoms with van der Waals surface area (Å²) in [5, 5.41) is 1.94. The van der Waals surface area contributed by atoms with Gasteiger partial charge in [0.25, 0.3) is 5.91 Å². The number of ether oxygens (including phenoxy) is 1. The Kier molecular flexibility index (Phi) is 4.97. The number of hydrogen-bond acceptors (Lipinski definition) is 4. The van der Waals surface area contributed by atoms with Crippen LogP contribution in [0.2, 0.25) is 0 Å². The Hall–Kier alpha value is -2.47. The number of rotatable bonds is 3. The number of aromatic nitrogens is 1. The average Bonchev–Trinajstić information content (AvgIpc) is 3.58. The van der Waals surface area contributed by atoms with Crippen molar-refractivity contribution >= 4 is 22.6 Å². The molecule has 3 fully saturated rings. The van der Waals surface area contributed by atoms with Gasteiger partial charge in [-0.3, -0.25) is 14.6 Å². The summed E-state index contributed by atoms with van der Waals surface area (Å²) in [7, 11) is 0. The topological polar surface area (TPSA) is 62.7 Å². The number of amides is 2. The van der Waals surface area contributed by atoms with E-state index in [-0.39, 0.29) is 23.5 Å². The molecule has 0 radical (unpaired) electrons. The van der Waals surface area contributed by atoms with Gasteiger partial charge in [-0.15, -0.1) is 0 Å². The van der Waals surface area contributed by atoms with Gasteiger partial charge in [0.1, 0.15) is 5.69 Å². The van der Waals surface area contributed by atoms with E-state index in [4.69, 9.17) is 4.74 Å². The molecule has 2 aliphatic heterocycles. The van der Waals surface area contributed by atoms with E-state index in [0.717, 1.165) is 49.3 Å². The Morgan fingerprint density at radius 2 is 1.87 bits per heavy atom. The molecule has 158 valence electrons. The molecule has 0 bridgehead atoms. The van der Waals surface area contributed by atoms with Crippen molar-refractivity contribution in [3.8, 4) is 0 Å². The molecule has 30 heavy (non-hydrogen) atoms. The summed E-state index contributed by atoms with van der Waals surface area (Å²) in [5.41, 5.74) is 0.317. The molecule has 1 aromatic carbocycles. The second kappa shape index (κ2) is 7.65. The Morgan fingerprint density at radius 1 is 1.10 bits per heavy atom. The van der Waals surface area contributed by atoms with E-state index in [1.165, 1.54) is 0 Å². The standard InChI is InChI=1S/C24H29N3O3/c1-17(28)27(19-6-7-19)20-9-15-30-24(16-20)10-13-26(14-11-24)23(29)22-21-5-3-2-4-18(21)8-12-25-22/h2-5,8,12,19-20H,6-7,9-11,13-16H2,1H3. The van der Waals surface area contributed by atoms with Gasteiger partial charge in [0.05, 0.1) is 5.60 Å². The van der Waals surface area contributed by atoms with Gasteiger partial charge in [-0.1, -0.05) is 24.3 Å². The number of pyridine rings is 1. The molecule has 6 nitrogen and oxygen atoms in total. The highest BCUT2D eigenvalue weighted by Gasteiger charge is 2.45. The van der Waals surface area contributed by atoms with E-state index in [1.807, 2.05) is 35.2 Å². The first kappa shape index (κ1) is 19.5. The molecular weight excluding hydrogens is 378 g/mol. The summed E-state index contributed by atoms with van der Waals surface area (Å²) in [6.45, 7) is 3.72. The lowest BCUT2D eigenvalue weighted by Crippen LogP contribution is -2.55. The van der Waals surface area contributed by atoms with Crippen molar-refractivity contribution in [1.82, 2.24) is 14.8 Å². The molecule has 1 aliphatic carbocycles. The summed E-state index contributed by atoms with van der Waals surface area (Å²) >= 11 is 0. The summed E-state index contributed by atoms with van der Waals surface area (Å²) in [4.78, 5) is 33.9. The smallest absolute Gasteiger partial charge is 0.273 e. The van der Waals surface area contributed by atoms with Crippen molar-refractivity contribution in [2.45, 2.75) is 63.1 Å². The number of benzene rings is 1. The van der Waals surface area contributed by atoms with Gasteiger partial charge in [0, 0.05) is 50.3 Å². The van der Waals surface area contributed by atoms with Crippen LogP contribution in [0.5, 0.6) is 0 Å². The Bertz CT molecular complexity index is 958. The largest absolute Gasteiger partial charge is 0.375 e. The van der Waals surface area contributed by atoms with Crippen molar-refractivity contribution in [2.75, 3.05) is 19.7 Å². The number of likely N-dealkylation sites (tertiary alicyclic amines) is 1. The fraction of sp³-hybridized carbons (Fsp3) is 0.542. The lowest BCUT2D eigenvalue weighted by atomic mass is 9.81. The third-order valence-electron chi connectivity index (χ3n) is 7.00. The molecule has 2 amide bonds. The quantitative estimate of drug-likeness (QED) is 0.782. The average molecular weight is 408 g/mol. The van der Waals surface area contributed by atoms with Crippen molar-refractivity contribution in [1.29, 1.82) is 0 Å². The van der Waals surface area contributed by atoms with Gasteiger partial charge >= 0.3 is 0 Å². The number of carbonyl (C=O) groups is 2. The molecule has 1 unspecified atom stereocenters. The molecule has 3 heterocycles. The molecule has 1 spiro atoms. The summed E-state index contributed by atoms with van der Waals surface area (Å²) in [6, 6.07) is 10.5. The van der Waals surface area contributed by atoms with Crippen LogP contribution in [0.15, 0.2) is 36.5 Å². The highest BCUT2D eigenvalue weighted by Crippen LogP contribution is 2.40. The first-order chi connectivity index (χ1) is 14.6. The minimum absolute atomic E-state index is 0.00245. The Balaban J connectivity index is 1.28. The molecular formula is C24H29N3O3. The highest BCUT2D eigenvalue weighted by atomic mass is 16.5. The van der Waals surface area contributed by atoms with Gasteiger partial charge in [0.15, 0.2) is 0 Å². The third kappa shape index (κ3) is 3.58. The zero-order valence-corrected chi connectivity index (χ0v) is 17.5. The van der Waals surface area contributed by atoms with E-state index in [2.05, 4.69) is 9.88 Å². The monoisotopic (exact) mass is 407 g/mol. The fourth-order valence-corrected chi connectivity index (χ4v) is 5.31. The van der Waals surface area contributed by atoms with Crippen molar-refractivity contribution in [3.63, 3.8) is 0 Å². The lowest BCUT2D eigenvalue weighted by Gasteiger charge is -2.48. The zero-order chi connectivity index (χ0) is 20.7. The fourth-order valence-electron chi connectivity index (χ4n) is 5.31. The number of hydrogen-bond donors (Lipinski definition) is 0. The minimum atomic E-state index is -0.214. The molecule has 2 aromatic rings. The van der Waals surface area contributed by atoms with E-state index in [9.17, 15) is 9.59 Å². The van der Waals surface area contributed by atoms with Crippen molar-refractivity contribution < 1.29 is 14.3 Å². The van der Waals surface area contributed by atoms with Crippen molar-refractivity contribution in [3.05, 3.63) is 42.2 Å². The van der Waals surface area contributed by atoms with E-state index >= 15 is 0 Å². The van der Waals surface area contributed by atoms with Crippen LogP contribution in [0.3, 0.4) is 0 Å². The molecule has 1 atom stereocenters. The molecule has 3 aliphatic rings. The maximum Gasteiger partial charge on any atom is 0.273 e. The Morgan fingerprint density at radius 3 is 2.60 bits per heavy atom. The maximum atomic E-state index is 13.2. The zero-order valence-electron chi connectivity index (χ0n) is 17.5. The predicted molar refractivity (Wildman–Crippen MR) is 114 cm³/mol. The summed E-state index contributed by atoms with van der Waals surface area (Å²) in [5.74, 6) is 0.187. The number of fused-ring (bicyclic) bond motifs is 1. The second-order valence-corrected chi connectivity index (χ2v) is 9.01. The van der Waals surface area contributed by atoms with Crippen LogP contribution in [-0.2, 0) is 9.53 Å². The highest BCUT2D eigenvalue weighted by molar-refractivity contribution is 6.05. The summed E-state index contributed by atoms with van der Waals surface area (Å²) in [6.07, 6.45) is 7.41. The maximum absolute atomic E-state index is 13.2. The molecule has 1 saturated carbocycles. The van der Waals surface area contributed by atoms with Gasteiger partial charge < -0.3 is 14.5 Å². The molecule has 1 aromatic heterocycles. The molecule has 2 saturated heterocycles. The normalized spacial score (nSPS) is 23.5. The van der Waals surface area contributed by atoms with Gasteiger partial charge in [0.2, 0.25) is 5.91 Å². The van der Waals surface area contributed by atoms with Crippen LogP contribution in [0.1, 0.15) is 55.9 Å².